The monoisotopic (exact) mass is 456 g/mol. The number of benzene rings is 2. The third-order valence-corrected chi connectivity index (χ3v) is 25.6. The van der Waals surface area contributed by atoms with Crippen LogP contribution < -0.4 is 0 Å². The van der Waals surface area contributed by atoms with E-state index in [2.05, 4.69) is 86.3 Å². The van der Waals surface area contributed by atoms with Crippen molar-refractivity contribution in [3.8, 4) is 0 Å². The third-order valence-electron chi connectivity index (χ3n) is 2.21. The fraction of sp³-hybridized carbons (Fsp3) is 0.143. The van der Waals surface area contributed by atoms with Gasteiger partial charge in [-0.3, -0.25) is 0 Å². The molecule has 0 atom stereocenters. The van der Waals surface area contributed by atoms with Crippen molar-refractivity contribution in [3.63, 3.8) is 0 Å². The van der Waals surface area contributed by atoms with Gasteiger partial charge in [-0.15, -0.1) is 0 Å². The first-order valence-electron chi connectivity index (χ1n) is 5.64. The molecule has 0 fully saturated rings. The van der Waals surface area contributed by atoms with Crippen LogP contribution in [0.1, 0.15) is 0 Å². The normalized spacial score (nSPS) is 11.4. The van der Waals surface area contributed by atoms with Crippen LogP contribution in [0.15, 0.2) is 70.5 Å². The molecule has 2 aromatic carbocycles. The second-order valence-electron chi connectivity index (χ2n) is 4.23. The van der Waals surface area contributed by atoms with E-state index >= 15 is 0 Å². The molecule has 0 unspecified atom stereocenters. The van der Waals surface area contributed by atoms with Crippen LogP contribution in [0.4, 0.5) is 0 Å². The molecule has 0 amide bonds. The van der Waals surface area contributed by atoms with Crippen LogP contribution in [-0.4, -0.2) is 18.2 Å². The molecule has 88 valence electrons. The first-order valence-corrected chi connectivity index (χ1v) is 24.6. The Labute approximate surface area is 113 Å². The molecule has 17 heavy (non-hydrogen) atoms. The summed E-state index contributed by atoms with van der Waals surface area (Å²) in [6, 6.07) is 21.5. The van der Waals surface area contributed by atoms with Crippen LogP contribution in [0.3, 0.4) is 0 Å². The molecule has 2 rings (SSSR count). The summed E-state index contributed by atoms with van der Waals surface area (Å²) in [6.07, 6.45) is 0. The number of hydrogen-bond donors (Lipinski definition) is 0. The maximum absolute atomic E-state index is 2.49. The van der Waals surface area contributed by atoms with E-state index in [9.17, 15) is 0 Å². The van der Waals surface area contributed by atoms with Gasteiger partial charge in [-0.1, -0.05) is 0 Å². The Bertz CT molecular complexity index is 411. The summed E-state index contributed by atoms with van der Waals surface area (Å²) in [6.45, 7) is 0. The van der Waals surface area contributed by atoms with Gasteiger partial charge in [-0.05, 0) is 0 Å². The van der Waals surface area contributed by atoms with Crippen LogP contribution >= 0.6 is 16.6 Å². The molecule has 0 aromatic heterocycles. The minimum atomic E-state index is -2.25. The molecule has 0 aliphatic heterocycles. The van der Waals surface area contributed by atoms with Gasteiger partial charge < -0.3 is 0 Å². The topological polar surface area (TPSA) is 0 Å². The summed E-state index contributed by atoms with van der Waals surface area (Å²) in [4.78, 5) is 2.84. The summed E-state index contributed by atoms with van der Waals surface area (Å²) in [5, 5.41) is 0. The Balaban J connectivity index is 2.04. The fourth-order valence-electron chi connectivity index (χ4n) is 1.57. The van der Waals surface area contributed by atoms with Gasteiger partial charge >= 0.3 is 114 Å². The van der Waals surface area contributed by atoms with Gasteiger partial charge in [0.25, 0.3) is 0 Å². The zero-order valence-electron chi connectivity index (χ0n) is 10.1. The summed E-state index contributed by atoms with van der Waals surface area (Å²) >= 11 is -2.25. The molecular weight excluding hydrogens is 439 g/mol. The summed E-state index contributed by atoms with van der Waals surface area (Å²) in [7, 11) is 4.25. The summed E-state index contributed by atoms with van der Waals surface area (Å²) in [5.74, 6) is 0. The van der Waals surface area contributed by atoms with E-state index in [1.807, 2.05) is 0 Å². The van der Waals surface area contributed by atoms with Gasteiger partial charge in [-0.2, -0.15) is 0 Å². The Morgan fingerprint density at radius 1 is 0.647 bits per heavy atom. The predicted molar refractivity (Wildman–Crippen MR) is 82.1 cm³/mol. The van der Waals surface area contributed by atoms with Crippen molar-refractivity contribution in [3.05, 3.63) is 60.7 Å². The van der Waals surface area contributed by atoms with Crippen molar-refractivity contribution < 1.29 is 0 Å². The predicted octanol–water partition coefficient (Wildman–Crippen LogP) is 5.27. The van der Waals surface area contributed by atoms with E-state index in [1.54, 1.807) is 0 Å². The summed E-state index contributed by atoms with van der Waals surface area (Å²) in [5.41, 5.74) is 0. The SMILES string of the molecule is [CH3][Pb]([CH3])([S]c1ccccc1)[S]c1ccccc1. The number of rotatable bonds is 4. The molecule has 0 nitrogen and oxygen atoms in total. The first kappa shape index (κ1) is 13.5. The molecule has 0 N–H and O–H groups in total. The molecule has 0 bridgehead atoms. The van der Waals surface area contributed by atoms with Crippen molar-refractivity contribution >= 4 is 34.8 Å². The molecule has 0 radical (unpaired) electrons. The molecule has 3 heteroatoms. The van der Waals surface area contributed by atoms with E-state index in [4.69, 9.17) is 0 Å². The molecule has 2 aromatic rings. The van der Waals surface area contributed by atoms with Crippen molar-refractivity contribution in [2.75, 3.05) is 0 Å². The van der Waals surface area contributed by atoms with Crippen LogP contribution in [0, 0.1) is 0 Å². The van der Waals surface area contributed by atoms with Gasteiger partial charge in [0.1, 0.15) is 0 Å². The van der Waals surface area contributed by atoms with Crippen molar-refractivity contribution in [1.29, 1.82) is 0 Å². The zero-order valence-corrected chi connectivity index (χ0v) is 15.6. The minimum absolute atomic E-state index is 1.42. The van der Waals surface area contributed by atoms with Crippen LogP contribution in [0.5, 0.6) is 0 Å². The molecule has 0 saturated heterocycles. The first-order chi connectivity index (χ1) is 8.16. The quantitative estimate of drug-likeness (QED) is 0.576. The van der Waals surface area contributed by atoms with Crippen LogP contribution in [0.25, 0.3) is 0 Å². The average molecular weight is 456 g/mol. The van der Waals surface area contributed by atoms with E-state index in [0.717, 1.165) is 0 Å². The van der Waals surface area contributed by atoms with Gasteiger partial charge in [0.2, 0.25) is 0 Å². The van der Waals surface area contributed by atoms with Crippen molar-refractivity contribution in [2.24, 2.45) is 0 Å². The van der Waals surface area contributed by atoms with Crippen molar-refractivity contribution in [2.45, 2.75) is 18.8 Å². The Morgan fingerprint density at radius 2 is 1.00 bits per heavy atom. The molecule has 0 heterocycles. The Hall–Kier alpha value is 0.0621. The number of hydrogen-bond acceptors (Lipinski definition) is 2. The zero-order chi connectivity index (χ0) is 12.1. The maximum atomic E-state index is 2.49. The van der Waals surface area contributed by atoms with E-state index in [-0.39, 0.29) is 0 Å². The Kier molecular flexibility index (Phi) is 5.00. The van der Waals surface area contributed by atoms with Crippen LogP contribution in [-0.2, 0) is 0 Å². The van der Waals surface area contributed by atoms with Gasteiger partial charge in [0.05, 0.1) is 0 Å². The second-order valence-corrected chi connectivity index (χ2v) is 41.4. The summed E-state index contributed by atoms with van der Waals surface area (Å²) < 4.78 is 4.98. The second kappa shape index (κ2) is 6.29. The Morgan fingerprint density at radius 3 is 1.35 bits per heavy atom. The van der Waals surface area contributed by atoms with Gasteiger partial charge in [-0.25, -0.2) is 0 Å². The van der Waals surface area contributed by atoms with Crippen LogP contribution in [0.2, 0.25) is 8.97 Å². The van der Waals surface area contributed by atoms with E-state index in [0.29, 0.717) is 0 Å². The van der Waals surface area contributed by atoms with E-state index < -0.39 is 18.2 Å². The average Bonchev–Trinajstić information content (AvgIpc) is 2.30. The fourth-order valence-corrected chi connectivity index (χ4v) is 26.4. The van der Waals surface area contributed by atoms with E-state index in [1.165, 1.54) is 9.79 Å². The van der Waals surface area contributed by atoms with Gasteiger partial charge in [0, 0.05) is 0 Å². The molecule has 0 aliphatic rings. The molecule has 0 saturated carbocycles. The molecule has 0 spiro atoms. The molecular formula is C14H16PbS2. The third kappa shape index (κ3) is 4.68. The molecule has 0 aliphatic carbocycles. The van der Waals surface area contributed by atoms with Crippen molar-refractivity contribution in [1.82, 2.24) is 0 Å². The van der Waals surface area contributed by atoms with Gasteiger partial charge in [0.15, 0.2) is 0 Å². The standard InChI is InChI=1S/2C6H6S.2CH3.Pb/c2*7-6-4-2-1-3-5-6;;;/h2*1-5,7H;2*1H3;/q;;;;+2/p-2.